The van der Waals surface area contributed by atoms with Gasteiger partial charge in [-0.2, -0.15) is 0 Å². The molecule has 84 valence electrons. The van der Waals surface area contributed by atoms with E-state index in [9.17, 15) is 0 Å². The Labute approximate surface area is 103 Å². The Balaban J connectivity index is 2.17. The average molecular weight is 221 g/mol. The van der Waals surface area contributed by atoms with E-state index < -0.39 is 0 Å². The Kier molecular flexibility index (Phi) is 3.57. The summed E-state index contributed by atoms with van der Waals surface area (Å²) in [7, 11) is 0. The van der Waals surface area contributed by atoms with Crippen molar-refractivity contribution in [1.82, 2.24) is 0 Å². The lowest BCUT2D eigenvalue weighted by Gasteiger charge is -2.06. The van der Waals surface area contributed by atoms with Crippen molar-refractivity contribution in [3.8, 4) is 0 Å². The van der Waals surface area contributed by atoms with Crippen LogP contribution in [0.15, 0.2) is 54.6 Å². The zero-order chi connectivity index (χ0) is 12.1. The van der Waals surface area contributed by atoms with Gasteiger partial charge in [0.25, 0.3) is 6.04 Å². The van der Waals surface area contributed by atoms with Crippen molar-refractivity contribution in [2.45, 2.75) is 19.4 Å². The maximum Gasteiger partial charge on any atom is 0.252 e. The first kappa shape index (κ1) is 11.4. The Hall–Kier alpha value is -2.07. The van der Waals surface area contributed by atoms with Crippen LogP contribution in [-0.2, 0) is 6.42 Å². The van der Waals surface area contributed by atoms with Crippen molar-refractivity contribution in [3.05, 3.63) is 82.7 Å². The van der Waals surface area contributed by atoms with Crippen molar-refractivity contribution in [2.24, 2.45) is 0 Å². The molecule has 2 aromatic rings. The third-order valence-electron chi connectivity index (χ3n) is 2.89. The molecule has 1 atom stereocenters. The molecule has 0 aliphatic heterocycles. The van der Waals surface area contributed by atoms with E-state index >= 15 is 0 Å². The normalized spacial score (nSPS) is 11.8. The van der Waals surface area contributed by atoms with E-state index in [-0.39, 0.29) is 6.04 Å². The summed E-state index contributed by atoms with van der Waals surface area (Å²) < 4.78 is 0. The second kappa shape index (κ2) is 5.32. The maximum atomic E-state index is 7.31. The van der Waals surface area contributed by atoms with E-state index in [0.717, 1.165) is 12.0 Å². The quantitative estimate of drug-likeness (QED) is 0.684. The van der Waals surface area contributed by atoms with E-state index in [1.807, 2.05) is 30.3 Å². The molecule has 1 nitrogen and oxygen atoms in total. The number of benzene rings is 2. The molecule has 0 fully saturated rings. The fourth-order valence-corrected chi connectivity index (χ4v) is 1.86. The molecule has 0 aromatic heterocycles. The molecule has 1 unspecified atom stereocenters. The van der Waals surface area contributed by atoms with Crippen molar-refractivity contribution in [3.63, 3.8) is 0 Å². The van der Waals surface area contributed by atoms with Gasteiger partial charge in [0.05, 0.1) is 6.42 Å². The highest BCUT2D eigenvalue weighted by Gasteiger charge is 2.15. The van der Waals surface area contributed by atoms with Crippen LogP contribution in [0.2, 0.25) is 0 Å². The molecule has 2 rings (SSSR count). The van der Waals surface area contributed by atoms with Crippen LogP contribution in [-0.4, -0.2) is 0 Å². The minimum absolute atomic E-state index is 0.0705. The lowest BCUT2D eigenvalue weighted by molar-refractivity contribution is 0.830. The average Bonchev–Trinajstić information content (AvgIpc) is 2.39. The summed E-state index contributed by atoms with van der Waals surface area (Å²) in [6.45, 7) is 9.39. The number of aryl methyl sites for hydroxylation is 1. The van der Waals surface area contributed by atoms with Crippen LogP contribution in [0.5, 0.6) is 0 Å². The molecule has 17 heavy (non-hydrogen) atoms. The third-order valence-corrected chi connectivity index (χ3v) is 2.89. The highest BCUT2D eigenvalue weighted by atomic mass is 14.7. The predicted molar refractivity (Wildman–Crippen MR) is 70.7 cm³/mol. The highest BCUT2D eigenvalue weighted by Crippen LogP contribution is 2.22. The molecule has 0 spiro atoms. The fourth-order valence-electron chi connectivity index (χ4n) is 1.86. The molecule has 0 aliphatic rings. The SMILES string of the molecule is [C-]#[N+]C(Cc1ccc(C)cc1)c1ccccc1. The van der Waals surface area contributed by atoms with E-state index in [4.69, 9.17) is 6.57 Å². The van der Waals surface area contributed by atoms with Crippen LogP contribution in [0.1, 0.15) is 22.7 Å². The van der Waals surface area contributed by atoms with Crippen molar-refractivity contribution >= 4 is 0 Å². The molecule has 0 N–H and O–H groups in total. The van der Waals surface area contributed by atoms with E-state index in [0.29, 0.717) is 0 Å². The highest BCUT2D eigenvalue weighted by molar-refractivity contribution is 5.27. The van der Waals surface area contributed by atoms with Crippen LogP contribution in [0.4, 0.5) is 0 Å². The molecule has 0 aliphatic carbocycles. The van der Waals surface area contributed by atoms with Gasteiger partial charge in [-0.3, -0.25) is 0 Å². The second-order valence-corrected chi connectivity index (χ2v) is 4.25. The standard InChI is InChI=1S/C16H15N/c1-13-8-10-14(11-9-13)12-16(17-2)15-6-4-3-5-7-15/h3-11,16H,12H2,1H3. The Morgan fingerprint density at radius 3 is 2.24 bits per heavy atom. The lowest BCUT2D eigenvalue weighted by atomic mass is 9.99. The largest absolute Gasteiger partial charge is 0.308 e. The Morgan fingerprint density at radius 1 is 1.00 bits per heavy atom. The molecule has 0 heterocycles. The van der Waals surface area contributed by atoms with Crippen molar-refractivity contribution < 1.29 is 0 Å². The summed E-state index contributed by atoms with van der Waals surface area (Å²) >= 11 is 0. The number of nitrogens with zero attached hydrogens (tertiary/aromatic N) is 1. The summed E-state index contributed by atoms with van der Waals surface area (Å²) in [5.41, 5.74) is 3.58. The van der Waals surface area contributed by atoms with Gasteiger partial charge in [0.1, 0.15) is 0 Å². The van der Waals surface area contributed by atoms with Crippen LogP contribution in [0.25, 0.3) is 4.85 Å². The van der Waals surface area contributed by atoms with Crippen LogP contribution >= 0.6 is 0 Å². The first-order valence-corrected chi connectivity index (χ1v) is 5.76. The number of hydrogen-bond donors (Lipinski definition) is 0. The molecule has 0 radical (unpaired) electrons. The molecule has 1 heteroatoms. The predicted octanol–water partition coefficient (Wildman–Crippen LogP) is 4.20. The molecule has 0 saturated heterocycles. The molecule has 0 saturated carbocycles. The minimum atomic E-state index is -0.0705. The summed E-state index contributed by atoms with van der Waals surface area (Å²) in [5.74, 6) is 0. The zero-order valence-electron chi connectivity index (χ0n) is 9.93. The number of rotatable bonds is 3. The first-order valence-electron chi connectivity index (χ1n) is 5.76. The van der Waals surface area contributed by atoms with E-state index in [2.05, 4.69) is 36.0 Å². The van der Waals surface area contributed by atoms with E-state index in [1.165, 1.54) is 11.1 Å². The van der Waals surface area contributed by atoms with Crippen molar-refractivity contribution in [2.75, 3.05) is 0 Å². The fraction of sp³-hybridized carbons (Fsp3) is 0.188. The molecular weight excluding hydrogens is 206 g/mol. The second-order valence-electron chi connectivity index (χ2n) is 4.25. The Bertz CT molecular complexity index is 505. The Morgan fingerprint density at radius 2 is 1.65 bits per heavy atom. The van der Waals surface area contributed by atoms with Gasteiger partial charge in [-0.1, -0.05) is 60.2 Å². The first-order chi connectivity index (χ1) is 8.29. The van der Waals surface area contributed by atoms with Gasteiger partial charge in [-0.15, -0.1) is 0 Å². The topological polar surface area (TPSA) is 4.36 Å². The van der Waals surface area contributed by atoms with Gasteiger partial charge in [-0.05, 0) is 12.5 Å². The van der Waals surface area contributed by atoms with Crippen LogP contribution < -0.4 is 0 Å². The van der Waals surface area contributed by atoms with Gasteiger partial charge < -0.3 is 4.85 Å². The summed E-state index contributed by atoms with van der Waals surface area (Å²) in [6.07, 6.45) is 0.786. The van der Waals surface area contributed by atoms with Crippen LogP contribution in [0.3, 0.4) is 0 Å². The smallest absolute Gasteiger partial charge is 0.252 e. The molecule has 2 aromatic carbocycles. The summed E-state index contributed by atoms with van der Waals surface area (Å²) in [6, 6.07) is 18.4. The lowest BCUT2D eigenvalue weighted by Crippen LogP contribution is -1.98. The number of hydrogen-bond acceptors (Lipinski definition) is 0. The maximum absolute atomic E-state index is 7.31. The van der Waals surface area contributed by atoms with Gasteiger partial charge >= 0.3 is 0 Å². The monoisotopic (exact) mass is 221 g/mol. The van der Waals surface area contributed by atoms with Gasteiger partial charge in [-0.25, -0.2) is 6.57 Å². The van der Waals surface area contributed by atoms with Gasteiger partial charge in [0.15, 0.2) is 0 Å². The van der Waals surface area contributed by atoms with Crippen LogP contribution in [0, 0.1) is 13.5 Å². The van der Waals surface area contributed by atoms with Crippen molar-refractivity contribution in [1.29, 1.82) is 0 Å². The third kappa shape index (κ3) is 2.95. The van der Waals surface area contributed by atoms with Gasteiger partial charge in [0.2, 0.25) is 0 Å². The molecule has 0 amide bonds. The molecule has 0 bridgehead atoms. The van der Waals surface area contributed by atoms with Gasteiger partial charge in [0, 0.05) is 5.56 Å². The van der Waals surface area contributed by atoms with E-state index in [1.54, 1.807) is 0 Å². The minimum Gasteiger partial charge on any atom is -0.308 e. The summed E-state index contributed by atoms with van der Waals surface area (Å²) in [4.78, 5) is 3.73. The summed E-state index contributed by atoms with van der Waals surface area (Å²) in [5, 5.41) is 0. The zero-order valence-corrected chi connectivity index (χ0v) is 9.93. The molecular formula is C16H15N.